The summed E-state index contributed by atoms with van der Waals surface area (Å²) in [5, 5.41) is 0. The molecule has 2 aliphatic heterocycles. The Morgan fingerprint density at radius 1 is 0.816 bits per heavy atom. The van der Waals surface area contributed by atoms with E-state index >= 15 is 0 Å². The van der Waals surface area contributed by atoms with Crippen molar-refractivity contribution < 1.29 is 23.8 Å². The van der Waals surface area contributed by atoms with E-state index < -0.39 is 0 Å². The number of Topliss-reactive ketones (excluding diaryl/α,β-unsaturated/α-hetero) is 1. The van der Waals surface area contributed by atoms with Crippen molar-refractivity contribution in [2.45, 2.75) is 50.1 Å². The molecular formula is C32H33NO5. The van der Waals surface area contributed by atoms with Crippen LogP contribution in [-0.4, -0.2) is 49.7 Å². The number of carbonyl (C=O) groups excluding carboxylic acids is 2. The first kappa shape index (κ1) is 24.5. The van der Waals surface area contributed by atoms with Crippen LogP contribution in [0.4, 0.5) is 4.79 Å². The SMILES string of the molecule is COc1ccc(C(=O)C2CC3CCCC(C2)N3C(=O)OCC2c3ccccc3-c3ccccc32)cc1OC. The fourth-order valence-electron chi connectivity index (χ4n) is 6.79. The Morgan fingerprint density at radius 3 is 2.03 bits per heavy atom. The van der Waals surface area contributed by atoms with Crippen LogP contribution in [0.5, 0.6) is 11.5 Å². The van der Waals surface area contributed by atoms with Gasteiger partial charge in [0.1, 0.15) is 6.61 Å². The maximum Gasteiger partial charge on any atom is 0.410 e. The first-order chi connectivity index (χ1) is 18.6. The van der Waals surface area contributed by atoms with E-state index in [2.05, 4.69) is 36.4 Å². The quantitative estimate of drug-likeness (QED) is 0.355. The highest BCUT2D eigenvalue weighted by molar-refractivity contribution is 5.98. The Morgan fingerprint density at radius 2 is 1.42 bits per heavy atom. The number of hydrogen-bond donors (Lipinski definition) is 0. The zero-order valence-electron chi connectivity index (χ0n) is 21.9. The average Bonchev–Trinajstić information content (AvgIpc) is 3.28. The number of fused-ring (bicyclic) bond motifs is 5. The van der Waals surface area contributed by atoms with Gasteiger partial charge >= 0.3 is 6.09 Å². The average molecular weight is 512 g/mol. The Kier molecular flexibility index (Phi) is 6.56. The van der Waals surface area contributed by atoms with Crippen LogP contribution >= 0.6 is 0 Å². The second kappa shape index (κ2) is 10.2. The van der Waals surface area contributed by atoms with Crippen LogP contribution in [0.3, 0.4) is 0 Å². The molecule has 0 saturated carbocycles. The minimum atomic E-state index is -0.251. The lowest BCUT2D eigenvalue weighted by Gasteiger charge is -2.47. The molecule has 2 bridgehead atoms. The molecular weight excluding hydrogens is 478 g/mol. The monoisotopic (exact) mass is 511 g/mol. The van der Waals surface area contributed by atoms with E-state index in [9.17, 15) is 9.59 Å². The number of ether oxygens (including phenoxy) is 3. The molecule has 0 radical (unpaired) electrons. The summed E-state index contributed by atoms with van der Waals surface area (Å²) in [6, 6.07) is 22.1. The molecule has 196 valence electrons. The molecule has 3 aliphatic rings. The molecule has 0 N–H and O–H groups in total. The molecule has 3 aromatic rings. The highest BCUT2D eigenvalue weighted by atomic mass is 16.6. The molecule has 0 spiro atoms. The number of methoxy groups -OCH3 is 2. The van der Waals surface area contributed by atoms with Gasteiger partial charge in [-0.1, -0.05) is 48.5 Å². The Balaban J connectivity index is 1.16. The summed E-state index contributed by atoms with van der Waals surface area (Å²) >= 11 is 0. The van der Waals surface area contributed by atoms with Gasteiger partial charge in [-0.2, -0.15) is 0 Å². The molecule has 38 heavy (non-hydrogen) atoms. The second-order valence-electron chi connectivity index (χ2n) is 10.6. The smallest absolute Gasteiger partial charge is 0.410 e. The van der Waals surface area contributed by atoms with Gasteiger partial charge in [0.25, 0.3) is 0 Å². The van der Waals surface area contributed by atoms with Crippen molar-refractivity contribution in [1.82, 2.24) is 4.90 Å². The molecule has 2 fully saturated rings. The lowest BCUT2D eigenvalue weighted by molar-refractivity contribution is 0.00650. The summed E-state index contributed by atoms with van der Waals surface area (Å²) < 4.78 is 16.7. The molecule has 6 heteroatoms. The fraction of sp³-hybridized carbons (Fsp3) is 0.375. The van der Waals surface area contributed by atoms with Crippen molar-refractivity contribution in [1.29, 1.82) is 0 Å². The van der Waals surface area contributed by atoms with Crippen molar-refractivity contribution in [2.24, 2.45) is 5.92 Å². The summed E-state index contributed by atoms with van der Waals surface area (Å²) in [6.07, 6.45) is 3.94. The van der Waals surface area contributed by atoms with E-state index in [1.54, 1.807) is 32.4 Å². The van der Waals surface area contributed by atoms with Crippen molar-refractivity contribution in [3.05, 3.63) is 83.4 Å². The zero-order chi connectivity index (χ0) is 26.2. The van der Waals surface area contributed by atoms with Gasteiger partial charge in [-0.25, -0.2) is 4.79 Å². The number of ketones is 1. The summed E-state index contributed by atoms with van der Waals surface area (Å²) in [7, 11) is 3.16. The Labute approximate surface area is 223 Å². The Hall–Kier alpha value is -3.80. The van der Waals surface area contributed by atoms with Gasteiger partial charge in [-0.05, 0) is 72.6 Å². The summed E-state index contributed by atoms with van der Waals surface area (Å²) in [4.78, 5) is 28.9. The third-order valence-electron chi connectivity index (χ3n) is 8.56. The highest BCUT2D eigenvalue weighted by Gasteiger charge is 2.44. The summed E-state index contributed by atoms with van der Waals surface area (Å²) in [5.74, 6) is 1.17. The van der Waals surface area contributed by atoms with Crippen molar-refractivity contribution in [2.75, 3.05) is 20.8 Å². The van der Waals surface area contributed by atoms with E-state index in [0.717, 1.165) is 19.3 Å². The number of piperidine rings is 2. The standard InChI is InChI=1S/C32H33NO5/c1-36-29-15-14-20(18-30(29)37-2)31(34)21-16-22-8-7-9-23(17-21)33(22)32(35)38-19-28-26-12-5-3-10-24(26)25-11-4-6-13-27(25)28/h3-6,10-15,18,21-23,28H,7-9,16-17,19H2,1-2H3. The van der Waals surface area contributed by atoms with Crippen LogP contribution in [0, 0.1) is 5.92 Å². The van der Waals surface area contributed by atoms with Gasteiger partial charge in [0.05, 0.1) is 14.2 Å². The molecule has 3 aromatic carbocycles. The lowest BCUT2D eigenvalue weighted by Crippen LogP contribution is -2.55. The maximum atomic E-state index is 13.5. The van der Waals surface area contributed by atoms with E-state index in [1.807, 2.05) is 17.0 Å². The highest BCUT2D eigenvalue weighted by Crippen LogP contribution is 2.45. The number of amides is 1. The second-order valence-corrected chi connectivity index (χ2v) is 10.6. The van der Waals surface area contributed by atoms with Gasteiger partial charge in [0.15, 0.2) is 17.3 Å². The van der Waals surface area contributed by atoms with E-state index in [1.165, 1.54) is 22.3 Å². The topological polar surface area (TPSA) is 65.1 Å². The molecule has 1 aliphatic carbocycles. The largest absolute Gasteiger partial charge is 0.493 e. The van der Waals surface area contributed by atoms with Crippen LogP contribution < -0.4 is 9.47 Å². The summed E-state index contributed by atoms with van der Waals surface area (Å²) in [6.45, 7) is 0.316. The predicted molar refractivity (Wildman–Crippen MR) is 145 cm³/mol. The molecule has 2 saturated heterocycles. The van der Waals surface area contributed by atoms with Gasteiger partial charge in [-0.15, -0.1) is 0 Å². The molecule has 1 amide bonds. The summed E-state index contributed by atoms with van der Waals surface area (Å²) in [5.41, 5.74) is 5.48. The van der Waals surface area contributed by atoms with E-state index in [0.29, 0.717) is 36.5 Å². The van der Waals surface area contributed by atoms with Crippen molar-refractivity contribution >= 4 is 11.9 Å². The normalized spacial score (nSPS) is 21.8. The van der Waals surface area contributed by atoms with Gasteiger partial charge in [0, 0.05) is 29.5 Å². The molecule has 6 nitrogen and oxygen atoms in total. The van der Waals surface area contributed by atoms with Gasteiger partial charge in [-0.3, -0.25) is 4.79 Å². The maximum absolute atomic E-state index is 13.5. The molecule has 0 aromatic heterocycles. The minimum Gasteiger partial charge on any atom is -0.493 e. The third kappa shape index (κ3) is 4.22. The first-order valence-electron chi connectivity index (χ1n) is 13.5. The Bertz CT molecular complexity index is 1310. The lowest BCUT2D eigenvalue weighted by atomic mass is 9.76. The third-order valence-corrected chi connectivity index (χ3v) is 8.56. The van der Waals surface area contributed by atoms with E-state index in [-0.39, 0.29) is 35.8 Å². The van der Waals surface area contributed by atoms with Crippen LogP contribution in [-0.2, 0) is 4.74 Å². The van der Waals surface area contributed by atoms with Crippen LogP contribution in [0.1, 0.15) is 59.5 Å². The van der Waals surface area contributed by atoms with Crippen LogP contribution in [0.25, 0.3) is 11.1 Å². The first-order valence-corrected chi connectivity index (χ1v) is 13.5. The number of carbonyl (C=O) groups is 2. The van der Waals surface area contributed by atoms with Gasteiger partial charge in [0.2, 0.25) is 0 Å². The van der Waals surface area contributed by atoms with Crippen molar-refractivity contribution in [3.63, 3.8) is 0 Å². The van der Waals surface area contributed by atoms with Gasteiger partial charge < -0.3 is 19.1 Å². The molecule has 2 atom stereocenters. The molecule has 2 unspecified atom stereocenters. The van der Waals surface area contributed by atoms with Crippen LogP contribution in [0.2, 0.25) is 0 Å². The van der Waals surface area contributed by atoms with Crippen LogP contribution in [0.15, 0.2) is 66.7 Å². The number of hydrogen-bond acceptors (Lipinski definition) is 5. The number of nitrogens with zero attached hydrogens (tertiary/aromatic N) is 1. The minimum absolute atomic E-state index is 0.0206. The number of rotatable bonds is 6. The predicted octanol–water partition coefficient (Wildman–Crippen LogP) is 6.47. The number of benzene rings is 3. The fourth-order valence-corrected chi connectivity index (χ4v) is 6.79. The molecule has 6 rings (SSSR count). The van der Waals surface area contributed by atoms with E-state index in [4.69, 9.17) is 14.2 Å². The zero-order valence-corrected chi connectivity index (χ0v) is 21.9. The molecule has 2 heterocycles. The van der Waals surface area contributed by atoms with Crippen molar-refractivity contribution in [3.8, 4) is 22.6 Å².